The van der Waals surface area contributed by atoms with Gasteiger partial charge in [-0.05, 0) is 24.6 Å². The molecule has 0 unspecified atom stereocenters. The van der Waals surface area contributed by atoms with E-state index in [0.717, 1.165) is 5.56 Å². The van der Waals surface area contributed by atoms with Gasteiger partial charge in [0, 0.05) is 18.5 Å². The summed E-state index contributed by atoms with van der Waals surface area (Å²) in [5.74, 6) is -1.29. The summed E-state index contributed by atoms with van der Waals surface area (Å²) in [4.78, 5) is 23.6. The second-order valence-corrected chi connectivity index (χ2v) is 4.22. The minimum Gasteiger partial charge on any atom is -0.480 e. The lowest BCUT2D eigenvalue weighted by atomic mass is 10.2. The van der Waals surface area contributed by atoms with Gasteiger partial charge < -0.3 is 10.0 Å². The van der Waals surface area contributed by atoms with E-state index in [4.69, 9.17) is 16.7 Å². The van der Waals surface area contributed by atoms with Gasteiger partial charge in [0.25, 0.3) is 0 Å². The van der Waals surface area contributed by atoms with Gasteiger partial charge in [-0.25, -0.2) is 4.79 Å². The van der Waals surface area contributed by atoms with Crippen molar-refractivity contribution >= 4 is 23.5 Å². The normalized spacial score (nSPS) is 11.9. The molecule has 0 saturated carbocycles. The van der Waals surface area contributed by atoms with Crippen LogP contribution in [0.4, 0.5) is 0 Å². The molecule has 1 aromatic carbocycles. The monoisotopic (exact) mass is 255 g/mol. The summed E-state index contributed by atoms with van der Waals surface area (Å²) in [5, 5.41) is 9.51. The van der Waals surface area contributed by atoms with Gasteiger partial charge in [-0.15, -0.1) is 0 Å². The molecule has 0 aliphatic rings. The molecule has 1 rings (SSSR count). The number of hydrogen-bond donors (Lipinski definition) is 1. The molecule has 92 valence electrons. The van der Waals surface area contributed by atoms with Crippen LogP contribution >= 0.6 is 11.6 Å². The Morgan fingerprint density at radius 3 is 2.29 bits per heavy atom. The minimum absolute atomic E-state index is 0.264. The standard InChI is InChI=1S/C12H14ClNO3/c1-8(12(16)17)14(9(2)15)7-10-3-5-11(13)6-4-10/h3-6,8H,7H2,1-2H3,(H,16,17)/t8-/m0/s1. The number of carboxylic acid groups (broad SMARTS) is 1. The van der Waals surface area contributed by atoms with E-state index in [1.165, 1.54) is 18.7 Å². The van der Waals surface area contributed by atoms with Crippen LogP contribution in [0.2, 0.25) is 5.02 Å². The van der Waals surface area contributed by atoms with Gasteiger partial charge in [0.05, 0.1) is 0 Å². The Balaban J connectivity index is 2.84. The van der Waals surface area contributed by atoms with Crippen LogP contribution in [0.5, 0.6) is 0 Å². The predicted octanol–water partition coefficient (Wildman–Crippen LogP) is 2.16. The molecule has 1 atom stereocenters. The van der Waals surface area contributed by atoms with Crippen LogP contribution in [-0.2, 0) is 16.1 Å². The van der Waals surface area contributed by atoms with Gasteiger partial charge in [-0.1, -0.05) is 23.7 Å². The van der Waals surface area contributed by atoms with E-state index >= 15 is 0 Å². The van der Waals surface area contributed by atoms with E-state index < -0.39 is 12.0 Å². The number of hydrogen-bond acceptors (Lipinski definition) is 2. The maximum Gasteiger partial charge on any atom is 0.326 e. The van der Waals surface area contributed by atoms with Gasteiger partial charge in [-0.2, -0.15) is 0 Å². The Morgan fingerprint density at radius 1 is 1.35 bits per heavy atom. The van der Waals surface area contributed by atoms with E-state index in [1.54, 1.807) is 24.3 Å². The van der Waals surface area contributed by atoms with E-state index in [1.807, 2.05) is 0 Å². The van der Waals surface area contributed by atoms with Crippen molar-refractivity contribution in [3.63, 3.8) is 0 Å². The highest BCUT2D eigenvalue weighted by Gasteiger charge is 2.22. The number of aliphatic carboxylic acids is 1. The maximum atomic E-state index is 11.4. The lowest BCUT2D eigenvalue weighted by Crippen LogP contribution is -2.41. The van der Waals surface area contributed by atoms with Crippen molar-refractivity contribution < 1.29 is 14.7 Å². The largest absolute Gasteiger partial charge is 0.480 e. The van der Waals surface area contributed by atoms with E-state index in [0.29, 0.717) is 5.02 Å². The van der Waals surface area contributed by atoms with Crippen molar-refractivity contribution in [3.8, 4) is 0 Å². The minimum atomic E-state index is -1.02. The molecule has 0 spiro atoms. The summed E-state index contributed by atoms with van der Waals surface area (Å²) in [7, 11) is 0. The van der Waals surface area contributed by atoms with Crippen molar-refractivity contribution in [1.82, 2.24) is 4.90 Å². The fourth-order valence-corrected chi connectivity index (χ4v) is 1.57. The quantitative estimate of drug-likeness (QED) is 0.897. The number of halogens is 1. The third-order valence-electron chi connectivity index (χ3n) is 2.50. The van der Waals surface area contributed by atoms with Crippen molar-refractivity contribution in [1.29, 1.82) is 0 Å². The lowest BCUT2D eigenvalue weighted by molar-refractivity contribution is -0.149. The van der Waals surface area contributed by atoms with Crippen molar-refractivity contribution in [2.45, 2.75) is 26.4 Å². The molecule has 0 aromatic heterocycles. The summed E-state index contributed by atoms with van der Waals surface area (Å²) < 4.78 is 0. The second kappa shape index (κ2) is 5.68. The molecule has 0 aliphatic heterocycles. The Kier molecular flexibility index (Phi) is 4.52. The number of carboxylic acids is 1. The number of carbonyl (C=O) groups is 2. The molecule has 0 saturated heterocycles. The van der Waals surface area contributed by atoms with Crippen LogP contribution in [0.1, 0.15) is 19.4 Å². The number of nitrogens with zero attached hydrogens (tertiary/aromatic N) is 1. The molecular formula is C12H14ClNO3. The first-order valence-electron chi connectivity index (χ1n) is 5.16. The number of benzene rings is 1. The Labute approximate surface area is 105 Å². The zero-order valence-corrected chi connectivity index (χ0v) is 10.4. The number of amides is 1. The van der Waals surface area contributed by atoms with Crippen LogP contribution in [0, 0.1) is 0 Å². The Bertz CT molecular complexity index is 416. The van der Waals surface area contributed by atoms with Crippen LogP contribution < -0.4 is 0 Å². The molecule has 1 N–H and O–H groups in total. The van der Waals surface area contributed by atoms with Crippen LogP contribution in [0.15, 0.2) is 24.3 Å². The molecule has 0 fully saturated rings. The highest BCUT2D eigenvalue weighted by Crippen LogP contribution is 2.13. The fraction of sp³-hybridized carbons (Fsp3) is 0.333. The summed E-state index contributed by atoms with van der Waals surface area (Å²) in [6.07, 6.45) is 0. The highest BCUT2D eigenvalue weighted by atomic mass is 35.5. The van der Waals surface area contributed by atoms with E-state index in [-0.39, 0.29) is 12.5 Å². The second-order valence-electron chi connectivity index (χ2n) is 3.79. The molecule has 17 heavy (non-hydrogen) atoms. The van der Waals surface area contributed by atoms with Gasteiger partial charge in [0.2, 0.25) is 5.91 Å². The molecular weight excluding hydrogens is 242 g/mol. The average Bonchev–Trinajstić information content (AvgIpc) is 2.26. The molecule has 1 amide bonds. The number of carbonyl (C=O) groups excluding carboxylic acids is 1. The van der Waals surface area contributed by atoms with Crippen LogP contribution in [0.25, 0.3) is 0 Å². The maximum absolute atomic E-state index is 11.4. The third-order valence-corrected chi connectivity index (χ3v) is 2.75. The molecule has 1 aromatic rings. The zero-order valence-electron chi connectivity index (χ0n) is 9.68. The first-order valence-corrected chi connectivity index (χ1v) is 5.54. The third kappa shape index (κ3) is 3.75. The molecule has 4 nitrogen and oxygen atoms in total. The Hall–Kier alpha value is -1.55. The Morgan fingerprint density at radius 2 is 1.88 bits per heavy atom. The molecule has 0 aliphatic carbocycles. The van der Waals surface area contributed by atoms with Gasteiger partial charge in [-0.3, -0.25) is 4.79 Å². The van der Waals surface area contributed by atoms with Gasteiger partial charge in [0.1, 0.15) is 6.04 Å². The van der Waals surface area contributed by atoms with E-state index in [2.05, 4.69) is 0 Å². The average molecular weight is 256 g/mol. The zero-order chi connectivity index (χ0) is 13.0. The van der Waals surface area contributed by atoms with Gasteiger partial charge >= 0.3 is 5.97 Å². The summed E-state index contributed by atoms with van der Waals surface area (Å²) >= 11 is 5.75. The molecule has 5 heteroatoms. The first-order chi connectivity index (χ1) is 7.91. The van der Waals surface area contributed by atoms with Crippen molar-refractivity contribution in [2.24, 2.45) is 0 Å². The topological polar surface area (TPSA) is 57.6 Å². The van der Waals surface area contributed by atoms with Gasteiger partial charge in [0.15, 0.2) is 0 Å². The van der Waals surface area contributed by atoms with Crippen LogP contribution in [0.3, 0.4) is 0 Å². The lowest BCUT2D eigenvalue weighted by Gasteiger charge is -2.25. The summed E-state index contributed by atoms with van der Waals surface area (Å²) in [6.45, 7) is 3.11. The van der Waals surface area contributed by atoms with Crippen LogP contribution in [-0.4, -0.2) is 27.9 Å². The SMILES string of the molecule is CC(=O)N(Cc1ccc(Cl)cc1)[C@@H](C)C(=O)O. The molecule has 0 bridgehead atoms. The number of rotatable bonds is 4. The molecule has 0 radical (unpaired) electrons. The first kappa shape index (κ1) is 13.5. The van der Waals surface area contributed by atoms with Crippen molar-refractivity contribution in [3.05, 3.63) is 34.9 Å². The fourth-order valence-electron chi connectivity index (χ4n) is 1.44. The van der Waals surface area contributed by atoms with E-state index in [9.17, 15) is 9.59 Å². The summed E-state index contributed by atoms with van der Waals surface area (Å²) in [5.41, 5.74) is 0.845. The highest BCUT2D eigenvalue weighted by molar-refractivity contribution is 6.30. The summed E-state index contributed by atoms with van der Waals surface area (Å²) in [6, 6.07) is 6.12. The van der Waals surface area contributed by atoms with Crippen molar-refractivity contribution in [2.75, 3.05) is 0 Å². The smallest absolute Gasteiger partial charge is 0.326 e. The predicted molar refractivity (Wildman–Crippen MR) is 64.8 cm³/mol. The molecule has 0 heterocycles.